The molecule has 1 unspecified atom stereocenters. The van der Waals surface area contributed by atoms with E-state index in [1.165, 1.54) is 41.1 Å². The number of rotatable bonds is 9. The number of benzene rings is 2. The Kier molecular flexibility index (Phi) is 8.03. The number of ether oxygens (including phenoxy) is 1. The largest absolute Gasteiger partial charge is 0.453 e. The number of pyridine rings is 1. The number of aliphatic hydroxyl groups excluding tert-OH is 1. The van der Waals surface area contributed by atoms with Crippen molar-refractivity contribution in [2.24, 2.45) is 0 Å². The van der Waals surface area contributed by atoms with Crippen LogP contribution in [0.2, 0.25) is 0 Å². The third-order valence-electron chi connectivity index (χ3n) is 6.40. The maximum atomic E-state index is 15.2. The Morgan fingerprint density at radius 3 is 2.49 bits per heavy atom. The number of carbonyl (C=O) groups excluding carboxylic acids is 1. The van der Waals surface area contributed by atoms with Crippen LogP contribution in [-0.2, 0) is 0 Å². The van der Waals surface area contributed by atoms with Gasteiger partial charge in [0.15, 0.2) is 23.0 Å². The van der Waals surface area contributed by atoms with Gasteiger partial charge in [0.1, 0.15) is 22.5 Å². The molecule has 1 atom stereocenters. The van der Waals surface area contributed by atoms with Crippen LogP contribution in [0.25, 0.3) is 16.7 Å². The molecule has 3 aromatic heterocycles. The molecule has 1 amide bonds. The first-order valence-corrected chi connectivity index (χ1v) is 13.2. The summed E-state index contributed by atoms with van der Waals surface area (Å²) in [6, 6.07) is 9.50. The van der Waals surface area contributed by atoms with Crippen molar-refractivity contribution in [2.75, 3.05) is 17.2 Å². The summed E-state index contributed by atoms with van der Waals surface area (Å²) in [5, 5.41) is 22.4. The van der Waals surface area contributed by atoms with Gasteiger partial charge < -0.3 is 20.5 Å². The molecule has 0 aliphatic rings. The molecule has 0 aliphatic heterocycles. The number of halogens is 2. The maximum Gasteiger partial charge on any atom is 0.335 e. The van der Waals surface area contributed by atoms with E-state index in [-0.39, 0.29) is 35.0 Å². The number of hydrogen-bond donors (Lipinski definition) is 4. The van der Waals surface area contributed by atoms with Crippen LogP contribution in [-0.4, -0.2) is 48.0 Å². The van der Waals surface area contributed by atoms with Crippen LogP contribution in [0.3, 0.4) is 0 Å². The second kappa shape index (κ2) is 11.9. The van der Waals surface area contributed by atoms with Gasteiger partial charge in [-0.1, -0.05) is 0 Å². The van der Waals surface area contributed by atoms with E-state index >= 15 is 4.39 Å². The lowest BCUT2D eigenvalue weighted by molar-refractivity contribution is 0.102. The van der Waals surface area contributed by atoms with Crippen molar-refractivity contribution < 1.29 is 23.4 Å². The number of amides is 1. The van der Waals surface area contributed by atoms with Crippen molar-refractivity contribution in [1.29, 1.82) is 0 Å². The van der Waals surface area contributed by atoms with E-state index in [1.807, 2.05) is 0 Å². The highest BCUT2D eigenvalue weighted by Crippen LogP contribution is 2.34. The minimum Gasteiger partial charge on any atom is -0.453 e. The first-order valence-electron chi connectivity index (χ1n) is 13.2. The summed E-state index contributed by atoms with van der Waals surface area (Å²) >= 11 is 0. The summed E-state index contributed by atoms with van der Waals surface area (Å²) in [6.45, 7) is 5.21. The van der Waals surface area contributed by atoms with Crippen LogP contribution in [0.1, 0.15) is 37.2 Å². The molecule has 3 heterocycles. The zero-order chi connectivity index (χ0) is 30.8. The lowest BCUT2D eigenvalue weighted by Gasteiger charge is -2.16. The van der Waals surface area contributed by atoms with Gasteiger partial charge in [0.2, 0.25) is 0 Å². The average molecular weight is 592 g/mol. The predicted octanol–water partition coefficient (Wildman–Crippen LogP) is 3.97. The van der Waals surface area contributed by atoms with Gasteiger partial charge in [0.05, 0.1) is 11.8 Å². The number of carbonyl (C=O) groups is 1. The van der Waals surface area contributed by atoms with Crippen LogP contribution < -0.4 is 26.6 Å². The quantitative estimate of drug-likeness (QED) is 0.201. The van der Waals surface area contributed by atoms with Crippen molar-refractivity contribution >= 4 is 28.4 Å². The van der Waals surface area contributed by atoms with Gasteiger partial charge in [0.25, 0.3) is 11.5 Å². The predicted molar refractivity (Wildman–Crippen MR) is 155 cm³/mol. The number of H-pyrrole nitrogens is 1. The number of anilines is 2. The van der Waals surface area contributed by atoms with Gasteiger partial charge >= 0.3 is 5.69 Å². The van der Waals surface area contributed by atoms with Crippen LogP contribution >= 0.6 is 0 Å². The molecule has 0 radical (unpaired) electrons. The summed E-state index contributed by atoms with van der Waals surface area (Å²) in [4.78, 5) is 43.7. The minimum absolute atomic E-state index is 0.0207. The molecule has 0 bridgehead atoms. The standard InChI is InChI=1S/C29H27F2N7O5/c1-15(2)37-14-20(28(41)38(29(37)42)19-7-4-17(30)5-8-19)27(40)34-18-6-9-22(21(31)12-18)43-23-10-11-32-25-24(23)26(36-35-25)33-13-16(3)39/h4-12,14-16,39H,13H2,1-3H3,(H,34,40)(H2,32,33,35,36). The molecule has 5 aromatic rings. The van der Waals surface area contributed by atoms with Gasteiger partial charge in [-0.05, 0) is 57.2 Å². The van der Waals surface area contributed by atoms with E-state index in [2.05, 4.69) is 25.8 Å². The fourth-order valence-electron chi connectivity index (χ4n) is 4.27. The Morgan fingerprint density at radius 2 is 1.81 bits per heavy atom. The molecule has 12 nitrogen and oxygen atoms in total. The second-order valence-corrected chi connectivity index (χ2v) is 9.98. The Labute approximate surface area is 242 Å². The van der Waals surface area contributed by atoms with Crippen molar-refractivity contribution in [3.8, 4) is 17.2 Å². The Morgan fingerprint density at radius 1 is 1.07 bits per heavy atom. The summed E-state index contributed by atoms with van der Waals surface area (Å²) in [5.41, 5.74) is -1.53. The summed E-state index contributed by atoms with van der Waals surface area (Å²) < 4.78 is 36.5. The van der Waals surface area contributed by atoms with E-state index in [1.54, 1.807) is 20.8 Å². The highest BCUT2D eigenvalue weighted by molar-refractivity contribution is 6.04. The SMILES string of the molecule is CC(O)CNc1n[nH]c2nccc(Oc3ccc(NC(=O)c4cn(C(C)C)c(=O)n(-c5ccc(F)cc5)c4=O)cc3F)c12. The van der Waals surface area contributed by atoms with Gasteiger partial charge in [0, 0.05) is 42.8 Å². The fraction of sp³-hybridized carbons (Fsp3) is 0.207. The fourth-order valence-corrected chi connectivity index (χ4v) is 4.27. The van der Waals surface area contributed by atoms with Crippen LogP contribution in [0.5, 0.6) is 11.5 Å². The highest BCUT2D eigenvalue weighted by atomic mass is 19.1. The third-order valence-corrected chi connectivity index (χ3v) is 6.40. The molecule has 0 fully saturated rings. The van der Waals surface area contributed by atoms with Crippen molar-refractivity contribution in [1.82, 2.24) is 24.3 Å². The number of aromatic amines is 1. The van der Waals surface area contributed by atoms with Gasteiger partial charge in [-0.2, -0.15) is 5.10 Å². The molecule has 0 spiro atoms. The topological polar surface area (TPSA) is 156 Å². The molecule has 222 valence electrons. The normalized spacial score (nSPS) is 12.0. The Bertz CT molecular complexity index is 1930. The zero-order valence-corrected chi connectivity index (χ0v) is 23.3. The zero-order valence-electron chi connectivity index (χ0n) is 23.3. The van der Waals surface area contributed by atoms with E-state index in [0.29, 0.717) is 16.9 Å². The van der Waals surface area contributed by atoms with Gasteiger partial charge in [-0.25, -0.2) is 23.1 Å². The monoisotopic (exact) mass is 591 g/mol. The molecule has 2 aromatic carbocycles. The maximum absolute atomic E-state index is 15.2. The summed E-state index contributed by atoms with van der Waals surface area (Å²) in [7, 11) is 0. The van der Waals surface area contributed by atoms with E-state index in [9.17, 15) is 23.9 Å². The minimum atomic E-state index is -0.923. The lowest BCUT2D eigenvalue weighted by atomic mass is 10.2. The molecule has 14 heteroatoms. The molecule has 4 N–H and O–H groups in total. The summed E-state index contributed by atoms with van der Waals surface area (Å²) in [6.07, 6.45) is 1.95. The first-order chi connectivity index (χ1) is 20.5. The van der Waals surface area contributed by atoms with Gasteiger partial charge in [-0.3, -0.25) is 19.3 Å². The van der Waals surface area contributed by atoms with E-state index in [4.69, 9.17) is 4.74 Å². The van der Waals surface area contributed by atoms with Crippen LogP contribution in [0, 0.1) is 11.6 Å². The second-order valence-electron chi connectivity index (χ2n) is 9.98. The van der Waals surface area contributed by atoms with E-state index in [0.717, 1.165) is 29.0 Å². The smallest absolute Gasteiger partial charge is 0.335 e. The Hall–Kier alpha value is -5.37. The van der Waals surface area contributed by atoms with E-state index < -0.39 is 40.9 Å². The first kappa shape index (κ1) is 29.1. The number of fused-ring (bicyclic) bond motifs is 1. The van der Waals surface area contributed by atoms with Crippen molar-refractivity contribution in [3.63, 3.8) is 0 Å². The third kappa shape index (κ3) is 5.99. The highest BCUT2D eigenvalue weighted by Gasteiger charge is 2.21. The number of hydrogen-bond acceptors (Lipinski definition) is 8. The molecule has 0 saturated heterocycles. The Balaban J connectivity index is 1.43. The molecule has 43 heavy (non-hydrogen) atoms. The number of nitrogens with one attached hydrogen (secondary N) is 3. The number of aromatic nitrogens is 5. The van der Waals surface area contributed by atoms with Crippen LogP contribution in [0.4, 0.5) is 20.3 Å². The summed E-state index contributed by atoms with van der Waals surface area (Å²) in [5.74, 6) is -1.83. The van der Waals surface area contributed by atoms with Crippen LogP contribution in [0.15, 0.2) is 70.5 Å². The number of aliphatic hydroxyl groups is 1. The molecule has 0 aliphatic carbocycles. The molecular weight excluding hydrogens is 564 g/mol. The average Bonchev–Trinajstić information content (AvgIpc) is 3.38. The van der Waals surface area contributed by atoms with Crippen molar-refractivity contribution in [2.45, 2.75) is 32.9 Å². The molecule has 0 saturated carbocycles. The lowest BCUT2D eigenvalue weighted by Crippen LogP contribution is -2.42. The van der Waals surface area contributed by atoms with Gasteiger partial charge in [-0.15, -0.1) is 0 Å². The molecular formula is C29H27F2N7O5. The molecule has 5 rings (SSSR count). The van der Waals surface area contributed by atoms with Crippen molar-refractivity contribution in [3.05, 3.63) is 99.0 Å². The number of nitrogens with zero attached hydrogens (tertiary/aromatic N) is 4.